The van der Waals surface area contributed by atoms with Gasteiger partial charge in [-0.25, -0.2) is 4.39 Å². The molecular weight excluding hydrogens is 317 g/mol. The first kappa shape index (κ1) is 17.8. The lowest BCUT2D eigenvalue weighted by atomic mass is 9.93. The van der Waals surface area contributed by atoms with E-state index < -0.39 is 0 Å². The molecule has 2 heterocycles. The van der Waals surface area contributed by atoms with Crippen LogP contribution in [0.3, 0.4) is 0 Å². The van der Waals surface area contributed by atoms with Crippen LogP contribution in [-0.2, 0) is 0 Å². The lowest BCUT2D eigenvalue weighted by molar-refractivity contribution is 0.405. The number of ether oxygens (including phenoxy) is 1. The molecule has 1 unspecified atom stereocenters. The summed E-state index contributed by atoms with van der Waals surface area (Å²) in [6.07, 6.45) is 3.09. The molecule has 1 aromatic rings. The van der Waals surface area contributed by atoms with E-state index in [1.54, 1.807) is 13.2 Å². The Balaban J connectivity index is 2.17. The summed E-state index contributed by atoms with van der Waals surface area (Å²) in [4.78, 5) is 4.26. The number of nitrogens with zero attached hydrogens (tertiary/aromatic N) is 2. The van der Waals surface area contributed by atoms with E-state index in [1.807, 2.05) is 6.92 Å². The van der Waals surface area contributed by atoms with Gasteiger partial charge in [-0.05, 0) is 37.5 Å². The van der Waals surface area contributed by atoms with E-state index in [0.717, 1.165) is 55.0 Å². The van der Waals surface area contributed by atoms with Gasteiger partial charge >= 0.3 is 0 Å². The highest BCUT2D eigenvalue weighted by Crippen LogP contribution is 2.48. The van der Waals surface area contributed by atoms with Gasteiger partial charge in [-0.1, -0.05) is 13.5 Å². The van der Waals surface area contributed by atoms with E-state index in [2.05, 4.69) is 41.7 Å². The highest BCUT2D eigenvalue weighted by Gasteiger charge is 2.30. The summed E-state index contributed by atoms with van der Waals surface area (Å²) < 4.78 is 20.9. The number of rotatable bonds is 4. The molecule has 3 rings (SSSR count). The maximum Gasteiger partial charge on any atom is 0.169 e. The first-order chi connectivity index (χ1) is 12.0. The summed E-state index contributed by atoms with van der Waals surface area (Å²) in [5.41, 5.74) is 4.25. The van der Waals surface area contributed by atoms with Crippen molar-refractivity contribution in [2.75, 3.05) is 43.1 Å². The van der Waals surface area contributed by atoms with Crippen molar-refractivity contribution in [1.29, 1.82) is 0 Å². The van der Waals surface area contributed by atoms with Gasteiger partial charge in [0, 0.05) is 44.0 Å². The van der Waals surface area contributed by atoms with E-state index in [0.29, 0.717) is 17.5 Å². The number of methoxy groups -OCH3 is 1. The lowest BCUT2D eigenvalue weighted by Gasteiger charge is -2.37. The molecule has 5 heteroatoms. The zero-order valence-electron chi connectivity index (χ0n) is 15.7. The number of benzene rings is 1. The van der Waals surface area contributed by atoms with Crippen molar-refractivity contribution in [2.45, 2.75) is 33.2 Å². The van der Waals surface area contributed by atoms with E-state index >= 15 is 4.39 Å². The molecule has 0 amide bonds. The van der Waals surface area contributed by atoms with Crippen molar-refractivity contribution >= 4 is 16.9 Å². The van der Waals surface area contributed by atoms with Gasteiger partial charge in [0.05, 0.1) is 12.8 Å². The second kappa shape index (κ2) is 7.08. The molecule has 1 N–H and O–H groups in total. The summed E-state index contributed by atoms with van der Waals surface area (Å²) >= 11 is 0. The topological polar surface area (TPSA) is 27.7 Å². The minimum absolute atomic E-state index is 0.239. The third-order valence-corrected chi connectivity index (χ3v) is 4.97. The van der Waals surface area contributed by atoms with Crippen molar-refractivity contribution < 1.29 is 9.13 Å². The monoisotopic (exact) mass is 345 g/mol. The fourth-order valence-corrected chi connectivity index (χ4v) is 3.75. The molecule has 1 saturated heterocycles. The summed E-state index contributed by atoms with van der Waals surface area (Å²) in [6, 6.07) is 1.94. The van der Waals surface area contributed by atoms with Crippen LogP contribution < -0.4 is 19.9 Å². The van der Waals surface area contributed by atoms with Gasteiger partial charge in [0.2, 0.25) is 0 Å². The third kappa shape index (κ3) is 3.13. The van der Waals surface area contributed by atoms with E-state index in [4.69, 9.17) is 4.74 Å². The number of piperazine rings is 1. The molecule has 0 aliphatic carbocycles. The molecule has 4 nitrogen and oxygen atoms in total. The molecule has 0 bridgehead atoms. The first-order valence-corrected chi connectivity index (χ1v) is 9.01. The second-order valence-corrected chi connectivity index (χ2v) is 6.92. The van der Waals surface area contributed by atoms with Crippen LogP contribution in [0.15, 0.2) is 24.4 Å². The Kier molecular flexibility index (Phi) is 5.04. The number of nitrogens with one attached hydrogen (secondary N) is 1. The quantitative estimate of drug-likeness (QED) is 0.899. The number of hydrogen-bond acceptors (Lipinski definition) is 4. The van der Waals surface area contributed by atoms with Gasteiger partial charge in [-0.2, -0.15) is 0 Å². The maximum atomic E-state index is 15.1. The van der Waals surface area contributed by atoms with Crippen LogP contribution in [0.1, 0.15) is 32.8 Å². The van der Waals surface area contributed by atoms with Gasteiger partial charge in [0.1, 0.15) is 5.69 Å². The smallest absolute Gasteiger partial charge is 0.169 e. The largest absolute Gasteiger partial charge is 0.492 e. The highest BCUT2D eigenvalue weighted by atomic mass is 19.1. The molecule has 1 aromatic carbocycles. The molecule has 2 aliphatic rings. The van der Waals surface area contributed by atoms with Gasteiger partial charge < -0.3 is 19.9 Å². The van der Waals surface area contributed by atoms with Crippen LogP contribution in [0.25, 0.3) is 5.57 Å². The Hall–Kier alpha value is -2.01. The average molecular weight is 345 g/mol. The van der Waals surface area contributed by atoms with Gasteiger partial charge in [0.25, 0.3) is 0 Å². The molecule has 136 valence electrons. The van der Waals surface area contributed by atoms with Crippen molar-refractivity contribution in [3.05, 3.63) is 35.8 Å². The zero-order valence-corrected chi connectivity index (χ0v) is 15.7. The van der Waals surface area contributed by atoms with Crippen LogP contribution >= 0.6 is 0 Å². The molecule has 0 radical (unpaired) electrons. The SMILES string of the molecule is C=C1C(C)=CN(CCC)c2c1cc(F)c(N1CCNC(C)C1)c2OC. The van der Waals surface area contributed by atoms with Crippen LogP contribution in [0, 0.1) is 5.82 Å². The fraction of sp³-hybridized carbons (Fsp3) is 0.500. The van der Waals surface area contributed by atoms with E-state index in [9.17, 15) is 0 Å². The molecule has 0 aromatic heterocycles. The number of allylic oxidation sites excluding steroid dienone is 2. The summed E-state index contributed by atoms with van der Waals surface area (Å²) in [5.74, 6) is 0.374. The van der Waals surface area contributed by atoms with Crippen LogP contribution in [0.2, 0.25) is 0 Å². The molecule has 2 aliphatic heterocycles. The normalized spacial score (nSPS) is 20.4. The minimum atomic E-state index is -0.239. The Labute approximate surface area is 149 Å². The highest BCUT2D eigenvalue weighted by molar-refractivity contribution is 5.94. The summed E-state index contributed by atoms with van der Waals surface area (Å²) in [5, 5.41) is 3.40. The summed E-state index contributed by atoms with van der Waals surface area (Å²) in [7, 11) is 1.63. The molecule has 1 fully saturated rings. The predicted molar refractivity (Wildman–Crippen MR) is 103 cm³/mol. The third-order valence-electron chi connectivity index (χ3n) is 4.97. The van der Waals surface area contributed by atoms with Crippen LogP contribution in [0.4, 0.5) is 15.8 Å². The van der Waals surface area contributed by atoms with E-state index in [1.165, 1.54) is 0 Å². The average Bonchev–Trinajstić information content (AvgIpc) is 2.58. The van der Waals surface area contributed by atoms with Crippen LogP contribution in [-0.4, -0.2) is 39.3 Å². The Morgan fingerprint density at radius 1 is 1.40 bits per heavy atom. The van der Waals surface area contributed by atoms with Gasteiger partial charge in [-0.3, -0.25) is 0 Å². The maximum absolute atomic E-state index is 15.1. The van der Waals surface area contributed by atoms with Gasteiger partial charge in [0.15, 0.2) is 11.6 Å². The Morgan fingerprint density at radius 2 is 2.16 bits per heavy atom. The number of hydrogen-bond donors (Lipinski definition) is 1. The van der Waals surface area contributed by atoms with Crippen molar-refractivity contribution in [3.63, 3.8) is 0 Å². The number of halogens is 1. The van der Waals surface area contributed by atoms with Crippen molar-refractivity contribution in [2.24, 2.45) is 0 Å². The molecule has 0 spiro atoms. The lowest BCUT2D eigenvalue weighted by Crippen LogP contribution is -2.49. The number of fused-ring (bicyclic) bond motifs is 1. The minimum Gasteiger partial charge on any atom is -0.492 e. The predicted octanol–water partition coefficient (Wildman–Crippen LogP) is 3.78. The van der Waals surface area contributed by atoms with E-state index in [-0.39, 0.29) is 5.82 Å². The Morgan fingerprint density at radius 3 is 2.80 bits per heavy atom. The standard InChI is InChI=1S/C20H28FN3O/c1-6-8-23-11-13(2)15(4)16-10-17(21)19(20(25-5)18(16)23)24-9-7-22-14(3)12-24/h10-11,14,22H,4,6-9,12H2,1-3,5H3. The van der Waals surface area contributed by atoms with Crippen molar-refractivity contribution in [3.8, 4) is 5.75 Å². The zero-order chi connectivity index (χ0) is 18.1. The Bertz CT molecular complexity index is 713. The molecule has 0 saturated carbocycles. The first-order valence-electron chi connectivity index (χ1n) is 9.01. The number of anilines is 2. The molecular formula is C20H28FN3O. The van der Waals surface area contributed by atoms with Crippen LogP contribution in [0.5, 0.6) is 5.75 Å². The second-order valence-electron chi connectivity index (χ2n) is 6.92. The summed E-state index contributed by atoms with van der Waals surface area (Å²) in [6.45, 7) is 13.7. The fourth-order valence-electron chi connectivity index (χ4n) is 3.75. The van der Waals surface area contributed by atoms with Gasteiger partial charge in [-0.15, -0.1) is 0 Å². The molecule has 1 atom stereocenters. The van der Waals surface area contributed by atoms with Crippen molar-refractivity contribution in [1.82, 2.24) is 5.32 Å². The molecule has 25 heavy (non-hydrogen) atoms.